The van der Waals surface area contributed by atoms with Crippen molar-refractivity contribution in [2.45, 2.75) is 51.1 Å². The Hall–Kier alpha value is -2.39. The third kappa shape index (κ3) is 5.09. The van der Waals surface area contributed by atoms with Crippen molar-refractivity contribution in [2.75, 3.05) is 12.3 Å². The van der Waals surface area contributed by atoms with Gasteiger partial charge in [-0.2, -0.15) is 0 Å². The summed E-state index contributed by atoms with van der Waals surface area (Å²) in [6, 6.07) is 6.09. The number of likely N-dealkylation sites (tertiary alicyclic amines) is 1. The maximum Gasteiger partial charge on any atom is 0.225 e. The van der Waals surface area contributed by atoms with Crippen LogP contribution in [-0.2, 0) is 21.2 Å². The Morgan fingerprint density at radius 3 is 2.48 bits per heavy atom. The van der Waals surface area contributed by atoms with Crippen LogP contribution in [0.15, 0.2) is 36.4 Å². The molecule has 0 unspecified atom stereocenters. The summed E-state index contributed by atoms with van der Waals surface area (Å²) in [4.78, 5) is 14.6. The third-order valence-corrected chi connectivity index (χ3v) is 8.09. The third-order valence-electron chi connectivity index (χ3n) is 6.67. The molecule has 0 bridgehead atoms. The molecule has 0 aromatic heterocycles. The van der Waals surface area contributed by atoms with E-state index in [1.54, 1.807) is 4.90 Å². The monoisotopic (exact) mass is 480 g/mol. The van der Waals surface area contributed by atoms with Gasteiger partial charge in [0.2, 0.25) is 15.9 Å². The first kappa shape index (κ1) is 23.8. The van der Waals surface area contributed by atoms with E-state index in [9.17, 15) is 22.0 Å². The van der Waals surface area contributed by atoms with Crippen LogP contribution < -0.4 is 4.72 Å². The number of nitrogens with one attached hydrogen (secondary N) is 1. The van der Waals surface area contributed by atoms with Gasteiger partial charge in [-0.15, -0.1) is 0 Å². The van der Waals surface area contributed by atoms with Gasteiger partial charge in [-0.05, 0) is 68.0 Å². The molecule has 1 amide bonds. The number of benzene rings is 2. The van der Waals surface area contributed by atoms with Gasteiger partial charge in [-0.3, -0.25) is 4.79 Å². The molecule has 178 valence electrons. The van der Waals surface area contributed by atoms with E-state index in [0.717, 1.165) is 37.5 Å². The van der Waals surface area contributed by atoms with E-state index in [2.05, 4.69) is 4.72 Å². The SMILES string of the molecule is CCS(=O)(=O)N[C@H]1CCN(C(=O)C2CCC2)[C@H]1Cc1cc(F)cc(-c2cccc(F)c2)c1F. The molecule has 2 aliphatic rings. The molecule has 1 aliphatic heterocycles. The van der Waals surface area contributed by atoms with Crippen molar-refractivity contribution in [2.24, 2.45) is 5.92 Å². The van der Waals surface area contributed by atoms with Crippen LogP contribution in [0, 0.1) is 23.4 Å². The molecule has 0 spiro atoms. The molecule has 2 aromatic rings. The van der Waals surface area contributed by atoms with Crippen LogP contribution in [0.5, 0.6) is 0 Å². The largest absolute Gasteiger partial charge is 0.337 e. The topological polar surface area (TPSA) is 66.5 Å². The molecule has 9 heteroatoms. The van der Waals surface area contributed by atoms with E-state index < -0.39 is 39.6 Å². The van der Waals surface area contributed by atoms with Gasteiger partial charge in [0.1, 0.15) is 17.5 Å². The lowest BCUT2D eigenvalue weighted by Gasteiger charge is -2.34. The number of hydrogen-bond acceptors (Lipinski definition) is 3. The first-order valence-electron chi connectivity index (χ1n) is 11.2. The van der Waals surface area contributed by atoms with Crippen molar-refractivity contribution in [1.82, 2.24) is 9.62 Å². The summed E-state index contributed by atoms with van der Waals surface area (Å²) in [6.45, 7) is 1.87. The minimum absolute atomic E-state index is 0.0215. The van der Waals surface area contributed by atoms with Crippen molar-refractivity contribution in [3.63, 3.8) is 0 Å². The lowest BCUT2D eigenvalue weighted by Crippen LogP contribution is -2.50. The zero-order valence-electron chi connectivity index (χ0n) is 18.4. The summed E-state index contributed by atoms with van der Waals surface area (Å²) in [7, 11) is -3.56. The second kappa shape index (κ2) is 9.46. The van der Waals surface area contributed by atoms with Crippen molar-refractivity contribution in [3.05, 3.63) is 59.4 Å². The van der Waals surface area contributed by atoms with Gasteiger partial charge >= 0.3 is 0 Å². The maximum atomic E-state index is 15.5. The fraction of sp³-hybridized carbons (Fsp3) is 0.458. The van der Waals surface area contributed by atoms with Gasteiger partial charge in [0, 0.05) is 24.1 Å². The fourth-order valence-corrected chi connectivity index (χ4v) is 5.51. The van der Waals surface area contributed by atoms with Crippen LogP contribution in [0.2, 0.25) is 0 Å². The normalized spacial score (nSPS) is 21.3. The molecule has 1 saturated carbocycles. The van der Waals surface area contributed by atoms with Crippen LogP contribution in [0.25, 0.3) is 11.1 Å². The second-order valence-corrected chi connectivity index (χ2v) is 10.8. The highest BCUT2D eigenvalue weighted by atomic mass is 32.2. The Morgan fingerprint density at radius 2 is 1.85 bits per heavy atom. The molecule has 5 nitrogen and oxygen atoms in total. The van der Waals surface area contributed by atoms with Crippen molar-refractivity contribution in [1.29, 1.82) is 0 Å². The molecule has 1 aliphatic carbocycles. The maximum absolute atomic E-state index is 15.5. The van der Waals surface area contributed by atoms with Crippen molar-refractivity contribution >= 4 is 15.9 Å². The fourth-order valence-electron chi connectivity index (χ4n) is 4.61. The minimum atomic E-state index is -3.56. The van der Waals surface area contributed by atoms with Gasteiger partial charge in [0.15, 0.2) is 0 Å². The number of halogens is 3. The predicted molar refractivity (Wildman–Crippen MR) is 119 cm³/mol. The number of nitrogens with zero attached hydrogens (tertiary/aromatic N) is 1. The first-order chi connectivity index (χ1) is 15.7. The molecule has 2 atom stereocenters. The van der Waals surface area contributed by atoms with Crippen molar-refractivity contribution in [3.8, 4) is 11.1 Å². The Morgan fingerprint density at radius 1 is 1.09 bits per heavy atom. The van der Waals surface area contributed by atoms with E-state index in [-0.39, 0.29) is 40.7 Å². The Labute approximate surface area is 192 Å². The van der Waals surface area contributed by atoms with Crippen LogP contribution in [-0.4, -0.2) is 43.6 Å². The summed E-state index contributed by atoms with van der Waals surface area (Å²) in [6.07, 6.45) is 2.88. The Kier molecular flexibility index (Phi) is 6.81. The molecule has 2 aromatic carbocycles. The van der Waals surface area contributed by atoms with E-state index in [4.69, 9.17) is 0 Å². The molecule has 1 heterocycles. The zero-order valence-corrected chi connectivity index (χ0v) is 19.2. The molecule has 1 saturated heterocycles. The molecule has 33 heavy (non-hydrogen) atoms. The van der Waals surface area contributed by atoms with Gasteiger partial charge in [-0.25, -0.2) is 26.3 Å². The van der Waals surface area contributed by atoms with Gasteiger partial charge in [0.05, 0.1) is 11.8 Å². The van der Waals surface area contributed by atoms with Crippen LogP contribution in [0.1, 0.15) is 38.2 Å². The first-order valence-corrected chi connectivity index (χ1v) is 12.9. The highest BCUT2D eigenvalue weighted by Crippen LogP contribution is 2.34. The molecule has 2 fully saturated rings. The van der Waals surface area contributed by atoms with E-state index in [1.165, 1.54) is 25.1 Å². The summed E-state index contributed by atoms with van der Waals surface area (Å²) in [5.74, 6) is -2.25. The highest BCUT2D eigenvalue weighted by Gasteiger charge is 2.42. The Balaban J connectivity index is 1.69. The average Bonchev–Trinajstić information content (AvgIpc) is 3.10. The number of carbonyl (C=O) groups is 1. The number of rotatable bonds is 7. The number of sulfonamides is 1. The molecule has 1 N–H and O–H groups in total. The van der Waals surface area contributed by atoms with Crippen LogP contribution in [0.3, 0.4) is 0 Å². The van der Waals surface area contributed by atoms with E-state index in [0.29, 0.717) is 13.0 Å². The van der Waals surface area contributed by atoms with Crippen LogP contribution >= 0.6 is 0 Å². The number of amides is 1. The molecule has 4 rings (SSSR count). The summed E-state index contributed by atoms with van der Waals surface area (Å²) in [5.41, 5.74) is 0.142. The molecular weight excluding hydrogens is 453 g/mol. The van der Waals surface area contributed by atoms with Crippen LogP contribution in [0.4, 0.5) is 13.2 Å². The number of carbonyl (C=O) groups excluding carboxylic acids is 1. The van der Waals surface area contributed by atoms with Gasteiger partial charge < -0.3 is 4.90 Å². The van der Waals surface area contributed by atoms with Crippen molar-refractivity contribution < 1.29 is 26.4 Å². The van der Waals surface area contributed by atoms with E-state index in [1.807, 2.05) is 0 Å². The molecular formula is C24H27F3N2O3S. The second-order valence-electron chi connectivity index (χ2n) is 8.78. The predicted octanol–water partition coefficient (Wildman–Crippen LogP) is 4.02. The molecule has 0 radical (unpaired) electrons. The Bertz CT molecular complexity index is 1150. The highest BCUT2D eigenvalue weighted by molar-refractivity contribution is 7.89. The van der Waals surface area contributed by atoms with Gasteiger partial charge in [-0.1, -0.05) is 18.6 Å². The summed E-state index contributed by atoms with van der Waals surface area (Å²) >= 11 is 0. The smallest absolute Gasteiger partial charge is 0.225 e. The average molecular weight is 481 g/mol. The summed E-state index contributed by atoms with van der Waals surface area (Å²) in [5, 5.41) is 0. The standard InChI is InChI=1S/C24H27F3N2O3S/c1-2-33(31,32)28-21-9-10-29(24(30)15-5-3-6-15)22(21)13-17-12-19(26)14-20(23(17)27)16-7-4-8-18(25)11-16/h4,7-8,11-12,14-15,21-22,28H,2-3,5-6,9-10,13H2,1H3/t21-,22-/m0/s1. The quantitative estimate of drug-likeness (QED) is 0.651. The van der Waals surface area contributed by atoms with Gasteiger partial charge in [0.25, 0.3) is 0 Å². The van der Waals surface area contributed by atoms with E-state index >= 15 is 4.39 Å². The summed E-state index contributed by atoms with van der Waals surface area (Å²) < 4.78 is 70.8. The number of hydrogen-bond donors (Lipinski definition) is 1. The minimum Gasteiger partial charge on any atom is -0.337 e. The lowest BCUT2D eigenvalue weighted by molar-refractivity contribution is -0.139. The lowest BCUT2D eigenvalue weighted by atomic mass is 9.84. The zero-order chi connectivity index (χ0) is 23.8.